The van der Waals surface area contributed by atoms with Crippen LogP contribution in [0.3, 0.4) is 0 Å². The Labute approximate surface area is 183 Å². The number of furan rings is 1. The van der Waals surface area contributed by atoms with Gasteiger partial charge in [0.2, 0.25) is 5.91 Å². The van der Waals surface area contributed by atoms with Crippen LogP contribution in [-0.4, -0.2) is 47.0 Å². The van der Waals surface area contributed by atoms with Gasteiger partial charge in [-0.2, -0.15) is 13.2 Å². The molecule has 172 valence electrons. The van der Waals surface area contributed by atoms with Gasteiger partial charge in [0.25, 0.3) is 5.91 Å². The fraction of sp³-hybridized carbons (Fsp3) is 0.478. The van der Waals surface area contributed by atoms with E-state index in [1.165, 1.54) is 16.1 Å². The van der Waals surface area contributed by atoms with E-state index in [1.807, 2.05) is 0 Å². The van der Waals surface area contributed by atoms with Crippen LogP contribution in [0.2, 0.25) is 0 Å². The van der Waals surface area contributed by atoms with E-state index in [0.29, 0.717) is 18.6 Å². The Balaban J connectivity index is 1.62. The van der Waals surface area contributed by atoms with Crippen LogP contribution in [-0.2, 0) is 22.3 Å². The van der Waals surface area contributed by atoms with Crippen molar-refractivity contribution < 1.29 is 31.9 Å². The molecule has 0 unspecified atom stereocenters. The minimum absolute atomic E-state index is 0.0493. The number of amides is 2. The summed E-state index contributed by atoms with van der Waals surface area (Å²) >= 11 is 0. The number of carbonyl (C=O) groups is 2. The van der Waals surface area contributed by atoms with E-state index in [9.17, 15) is 22.8 Å². The van der Waals surface area contributed by atoms with Crippen LogP contribution in [0, 0.1) is 0 Å². The van der Waals surface area contributed by atoms with E-state index in [4.69, 9.17) is 9.15 Å². The molecule has 1 saturated heterocycles. The standard InChI is InChI=1S/C23H25F3N2O4/c1-27(14-18-6-5-13-31-18)21(30)19-15-32-22(11-3-2-4-12-22)28(19)20(29)16-7-9-17(10-8-16)23(24,25)26/h5-10,13,19H,2-4,11-12,14-15H2,1H3/t19-/m0/s1. The highest BCUT2D eigenvalue weighted by Crippen LogP contribution is 2.42. The van der Waals surface area contributed by atoms with Crippen LogP contribution < -0.4 is 0 Å². The molecule has 2 aliphatic rings. The second-order valence-electron chi connectivity index (χ2n) is 8.36. The maximum atomic E-state index is 13.5. The third-order valence-electron chi connectivity index (χ3n) is 6.21. The molecule has 2 aromatic rings. The van der Waals surface area contributed by atoms with Gasteiger partial charge in [-0.15, -0.1) is 0 Å². The van der Waals surface area contributed by atoms with Gasteiger partial charge in [-0.05, 0) is 62.1 Å². The first-order valence-electron chi connectivity index (χ1n) is 10.6. The molecule has 1 aromatic heterocycles. The van der Waals surface area contributed by atoms with Crippen molar-refractivity contribution in [3.63, 3.8) is 0 Å². The Bertz CT molecular complexity index is 951. The Hall–Kier alpha value is -2.81. The molecule has 32 heavy (non-hydrogen) atoms. The number of rotatable bonds is 4. The van der Waals surface area contributed by atoms with Gasteiger partial charge in [-0.1, -0.05) is 6.42 Å². The van der Waals surface area contributed by atoms with Gasteiger partial charge >= 0.3 is 6.18 Å². The molecule has 1 saturated carbocycles. The highest BCUT2D eigenvalue weighted by Gasteiger charge is 2.53. The molecule has 4 rings (SSSR count). The summed E-state index contributed by atoms with van der Waals surface area (Å²) in [7, 11) is 1.62. The van der Waals surface area contributed by atoms with Crippen molar-refractivity contribution in [1.82, 2.24) is 9.80 Å². The van der Waals surface area contributed by atoms with Gasteiger partial charge in [0.15, 0.2) is 0 Å². The predicted molar refractivity (Wildman–Crippen MR) is 108 cm³/mol. The van der Waals surface area contributed by atoms with Crippen molar-refractivity contribution in [2.75, 3.05) is 13.7 Å². The first-order valence-corrected chi connectivity index (χ1v) is 10.6. The summed E-state index contributed by atoms with van der Waals surface area (Å²) in [4.78, 5) is 29.7. The first kappa shape index (κ1) is 22.4. The molecule has 1 aliphatic heterocycles. The van der Waals surface area contributed by atoms with Gasteiger partial charge in [-0.25, -0.2) is 0 Å². The molecular formula is C23H25F3N2O4. The number of halogens is 3. The number of hydrogen-bond acceptors (Lipinski definition) is 4. The van der Waals surface area contributed by atoms with Crippen LogP contribution in [0.15, 0.2) is 47.1 Å². The molecule has 2 amide bonds. The van der Waals surface area contributed by atoms with Crippen LogP contribution >= 0.6 is 0 Å². The zero-order valence-corrected chi connectivity index (χ0v) is 17.7. The van der Waals surface area contributed by atoms with Crippen LogP contribution in [0.4, 0.5) is 13.2 Å². The molecule has 0 radical (unpaired) electrons. The van der Waals surface area contributed by atoms with Crippen molar-refractivity contribution in [2.24, 2.45) is 0 Å². The minimum Gasteiger partial charge on any atom is -0.467 e. The second kappa shape index (κ2) is 8.61. The zero-order chi connectivity index (χ0) is 22.9. The van der Waals surface area contributed by atoms with Crippen molar-refractivity contribution in [1.29, 1.82) is 0 Å². The third kappa shape index (κ3) is 4.26. The lowest BCUT2D eigenvalue weighted by Crippen LogP contribution is -2.56. The molecular weight excluding hydrogens is 425 g/mol. The molecule has 0 bridgehead atoms. The highest BCUT2D eigenvalue weighted by molar-refractivity contribution is 5.98. The summed E-state index contributed by atoms with van der Waals surface area (Å²) in [6.07, 6.45) is 0.903. The summed E-state index contributed by atoms with van der Waals surface area (Å²) < 4.78 is 50.2. The van der Waals surface area contributed by atoms with Gasteiger partial charge in [0.05, 0.1) is 25.0 Å². The summed E-state index contributed by atoms with van der Waals surface area (Å²) in [5, 5.41) is 0. The number of alkyl halides is 3. The topological polar surface area (TPSA) is 63.0 Å². The first-order chi connectivity index (χ1) is 15.2. The average Bonchev–Trinajstić information content (AvgIpc) is 3.41. The summed E-state index contributed by atoms with van der Waals surface area (Å²) in [5.74, 6) is -0.195. The summed E-state index contributed by atoms with van der Waals surface area (Å²) in [5.41, 5.74) is -1.64. The predicted octanol–water partition coefficient (Wildman–Crippen LogP) is 4.46. The number of ether oxygens (including phenoxy) is 1. The van der Waals surface area contributed by atoms with E-state index < -0.39 is 29.4 Å². The Kier molecular flexibility index (Phi) is 6.03. The average molecular weight is 450 g/mol. The molecule has 1 spiro atoms. The van der Waals surface area contributed by atoms with Crippen LogP contribution in [0.1, 0.15) is 53.8 Å². The Morgan fingerprint density at radius 1 is 1.12 bits per heavy atom. The maximum absolute atomic E-state index is 13.5. The fourth-order valence-corrected chi connectivity index (χ4v) is 4.57. The smallest absolute Gasteiger partial charge is 0.416 e. The van der Waals surface area contributed by atoms with Crippen LogP contribution in [0.25, 0.3) is 0 Å². The molecule has 9 heteroatoms. The largest absolute Gasteiger partial charge is 0.467 e. The van der Waals surface area contributed by atoms with Crippen molar-refractivity contribution in [3.8, 4) is 0 Å². The van der Waals surface area contributed by atoms with Gasteiger partial charge in [-0.3, -0.25) is 14.5 Å². The van der Waals surface area contributed by atoms with E-state index in [-0.39, 0.29) is 24.6 Å². The fourth-order valence-electron chi connectivity index (χ4n) is 4.57. The Morgan fingerprint density at radius 2 is 1.81 bits per heavy atom. The quantitative estimate of drug-likeness (QED) is 0.690. The lowest BCUT2D eigenvalue weighted by molar-refractivity contribution is -0.137. The van der Waals surface area contributed by atoms with Gasteiger partial charge in [0, 0.05) is 12.6 Å². The minimum atomic E-state index is -4.49. The number of benzene rings is 1. The van der Waals surface area contributed by atoms with E-state index in [0.717, 1.165) is 43.5 Å². The van der Waals surface area contributed by atoms with E-state index >= 15 is 0 Å². The molecule has 2 fully saturated rings. The lowest BCUT2D eigenvalue weighted by Gasteiger charge is -2.42. The molecule has 1 aliphatic carbocycles. The number of likely N-dealkylation sites (N-methyl/N-ethyl adjacent to an activating group) is 1. The molecule has 2 heterocycles. The van der Waals surface area contributed by atoms with E-state index in [2.05, 4.69) is 0 Å². The zero-order valence-electron chi connectivity index (χ0n) is 17.7. The maximum Gasteiger partial charge on any atom is 0.416 e. The lowest BCUT2D eigenvalue weighted by atomic mass is 9.89. The third-order valence-corrected chi connectivity index (χ3v) is 6.21. The van der Waals surface area contributed by atoms with Crippen molar-refractivity contribution in [2.45, 2.75) is 56.6 Å². The second-order valence-corrected chi connectivity index (χ2v) is 8.36. The number of hydrogen-bond donors (Lipinski definition) is 0. The summed E-state index contributed by atoms with van der Waals surface area (Å²) in [6.45, 7) is 0.283. The van der Waals surface area contributed by atoms with Gasteiger partial charge < -0.3 is 14.1 Å². The normalized spacial score (nSPS) is 20.5. The van der Waals surface area contributed by atoms with Crippen molar-refractivity contribution >= 4 is 11.8 Å². The monoisotopic (exact) mass is 450 g/mol. The van der Waals surface area contributed by atoms with Crippen LogP contribution in [0.5, 0.6) is 0 Å². The number of nitrogens with zero attached hydrogens (tertiary/aromatic N) is 2. The summed E-state index contributed by atoms with van der Waals surface area (Å²) in [6, 6.07) is 6.71. The molecule has 1 aromatic carbocycles. The highest BCUT2D eigenvalue weighted by atomic mass is 19.4. The molecule has 0 N–H and O–H groups in total. The SMILES string of the molecule is CN(Cc1ccco1)C(=O)[C@@H]1COC2(CCCCC2)N1C(=O)c1ccc(C(F)(F)F)cc1. The molecule has 6 nitrogen and oxygen atoms in total. The van der Waals surface area contributed by atoms with Crippen molar-refractivity contribution in [3.05, 3.63) is 59.5 Å². The number of carbonyl (C=O) groups excluding carboxylic acids is 2. The van der Waals surface area contributed by atoms with Gasteiger partial charge in [0.1, 0.15) is 17.5 Å². The Morgan fingerprint density at radius 3 is 2.41 bits per heavy atom. The van der Waals surface area contributed by atoms with E-state index in [1.54, 1.807) is 19.2 Å². The molecule has 1 atom stereocenters.